The fourth-order valence-electron chi connectivity index (χ4n) is 2.35. The van der Waals surface area contributed by atoms with Gasteiger partial charge in [0.05, 0.1) is 11.9 Å². The van der Waals surface area contributed by atoms with E-state index in [1.807, 2.05) is 6.92 Å². The first-order chi connectivity index (χ1) is 12.8. The molecule has 27 heavy (non-hydrogen) atoms. The number of hydrogen-bond acceptors (Lipinski definition) is 4. The lowest BCUT2D eigenvalue weighted by atomic mass is 10.2. The molecule has 0 atom stereocenters. The molecule has 1 aromatic heterocycles. The van der Waals surface area contributed by atoms with Crippen LogP contribution in [-0.2, 0) is 10.9 Å². The highest BCUT2D eigenvalue weighted by atomic mass is 19.4. The number of halogens is 3. The molecular formula is C17H18F3N3O4. The summed E-state index contributed by atoms with van der Waals surface area (Å²) in [7, 11) is 0. The van der Waals surface area contributed by atoms with Gasteiger partial charge in [0.15, 0.2) is 5.69 Å². The van der Waals surface area contributed by atoms with E-state index in [4.69, 9.17) is 9.84 Å². The first kappa shape index (κ1) is 20.4. The third-order valence-corrected chi connectivity index (χ3v) is 3.60. The molecular weight excluding hydrogens is 367 g/mol. The van der Waals surface area contributed by atoms with Crippen molar-refractivity contribution in [3.05, 3.63) is 47.3 Å². The minimum atomic E-state index is -4.90. The Morgan fingerprint density at radius 1 is 1.26 bits per heavy atom. The molecule has 7 nitrogen and oxygen atoms in total. The van der Waals surface area contributed by atoms with Crippen LogP contribution in [0.5, 0.6) is 0 Å². The van der Waals surface area contributed by atoms with Crippen LogP contribution in [0.4, 0.5) is 13.2 Å². The summed E-state index contributed by atoms with van der Waals surface area (Å²) in [6.07, 6.45) is -3.62. The van der Waals surface area contributed by atoms with Crippen molar-refractivity contribution < 1.29 is 32.6 Å². The van der Waals surface area contributed by atoms with Crippen molar-refractivity contribution in [3.63, 3.8) is 0 Å². The summed E-state index contributed by atoms with van der Waals surface area (Å²) in [5, 5.41) is 15.1. The van der Waals surface area contributed by atoms with Crippen molar-refractivity contribution >= 4 is 11.9 Å². The number of aromatic nitrogens is 2. The number of nitrogens with zero attached hydrogens (tertiary/aromatic N) is 2. The number of rotatable bonds is 8. The zero-order chi connectivity index (χ0) is 20.0. The van der Waals surface area contributed by atoms with E-state index in [0.29, 0.717) is 37.1 Å². The Balaban J connectivity index is 2.16. The lowest BCUT2D eigenvalue weighted by molar-refractivity contribution is -0.143. The number of carbonyl (C=O) groups excluding carboxylic acids is 1. The molecule has 2 aromatic rings. The molecule has 1 aromatic carbocycles. The maximum atomic E-state index is 13.2. The Hall–Kier alpha value is -2.88. The van der Waals surface area contributed by atoms with Gasteiger partial charge in [0.25, 0.3) is 5.91 Å². The summed E-state index contributed by atoms with van der Waals surface area (Å²) in [6, 6.07) is 5.22. The van der Waals surface area contributed by atoms with Crippen LogP contribution in [0.15, 0.2) is 30.5 Å². The van der Waals surface area contributed by atoms with Gasteiger partial charge in [0.2, 0.25) is 0 Å². The number of alkyl halides is 3. The van der Waals surface area contributed by atoms with Crippen molar-refractivity contribution in [2.45, 2.75) is 19.5 Å². The normalized spacial score (nSPS) is 11.4. The van der Waals surface area contributed by atoms with Crippen molar-refractivity contribution in [1.82, 2.24) is 15.1 Å². The molecule has 0 saturated heterocycles. The van der Waals surface area contributed by atoms with Gasteiger partial charge in [-0.3, -0.25) is 4.79 Å². The molecule has 1 heterocycles. The van der Waals surface area contributed by atoms with Crippen LogP contribution in [0.2, 0.25) is 0 Å². The van der Waals surface area contributed by atoms with Gasteiger partial charge < -0.3 is 15.2 Å². The number of carbonyl (C=O) groups is 2. The molecule has 0 saturated carbocycles. The predicted octanol–water partition coefficient (Wildman–Crippen LogP) is 2.75. The number of amides is 1. The number of carboxylic acid groups (broad SMARTS) is 1. The second-order valence-electron chi connectivity index (χ2n) is 5.47. The van der Waals surface area contributed by atoms with Crippen molar-refractivity contribution in [3.8, 4) is 5.69 Å². The molecule has 0 aliphatic rings. The van der Waals surface area contributed by atoms with Crippen molar-refractivity contribution in [2.24, 2.45) is 0 Å². The van der Waals surface area contributed by atoms with Gasteiger partial charge in [-0.25, -0.2) is 9.48 Å². The lowest BCUT2D eigenvalue weighted by Gasteiger charge is -2.12. The minimum Gasteiger partial charge on any atom is -0.478 e. The van der Waals surface area contributed by atoms with Crippen LogP contribution in [-0.4, -0.2) is 46.5 Å². The van der Waals surface area contributed by atoms with E-state index in [1.165, 1.54) is 24.3 Å². The second kappa shape index (κ2) is 8.67. The maximum Gasteiger partial charge on any atom is 0.434 e. The molecule has 2 N–H and O–H groups in total. The molecule has 10 heteroatoms. The summed E-state index contributed by atoms with van der Waals surface area (Å²) in [5.74, 6) is -2.10. The highest BCUT2D eigenvalue weighted by Crippen LogP contribution is 2.33. The fraction of sp³-hybridized carbons (Fsp3) is 0.353. The highest BCUT2D eigenvalue weighted by Gasteiger charge is 2.40. The van der Waals surface area contributed by atoms with Gasteiger partial charge in [-0.1, -0.05) is 0 Å². The Morgan fingerprint density at radius 2 is 1.93 bits per heavy atom. The molecule has 0 aliphatic carbocycles. The molecule has 146 valence electrons. The Morgan fingerprint density at radius 3 is 2.48 bits per heavy atom. The highest BCUT2D eigenvalue weighted by molar-refractivity contribution is 5.94. The van der Waals surface area contributed by atoms with Crippen LogP contribution in [0.3, 0.4) is 0 Å². The summed E-state index contributed by atoms with van der Waals surface area (Å²) >= 11 is 0. The topological polar surface area (TPSA) is 93.5 Å². The molecule has 1 amide bonds. The smallest absolute Gasteiger partial charge is 0.434 e. The van der Waals surface area contributed by atoms with Crippen LogP contribution in [0.1, 0.15) is 39.8 Å². The number of ether oxygens (including phenoxy) is 1. The van der Waals surface area contributed by atoms with Gasteiger partial charge in [-0.05, 0) is 37.6 Å². The van der Waals surface area contributed by atoms with E-state index in [0.717, 1.165) is 0 Å². The fourth-order valence-corrected chi connectivity index (χ4v) is 2.35. The number of benzene rings is 1. The SMILES string of the molecule is CCOCCCNC(=O)c1ccc(-n2ncc(C(=O)O)c2C(F)(F)F)cc1. The lowest BCUT2D eigenvalue weighted by Crippen LogP contribution is -2.25. The van der Waals surface area contributed by atoms with Crippen molar-refractivity contribution in [1.29, 1.82) is 0 Å². The standard InChI is InChI=1S/C17H18F3N3O4/c1-2-27-9-3-8-21-15(24)11-4-6-12(7-5-11)23-14(17(18,19)20)13(10-22-23)16(25)26/h4-7,10H,2-3,8-9H2,1H3,(H,21,24)(H,25,26). The predicted molar refractivity (Wildman–Crippen MR) is 89.0 cm³/mol. The number of nitrogens with one attached hydrogen (secondary N) is 1. The monoisotopic (exact) mass is 385 g/mol. The minimum absolute atomic E-state index is 0.0114. The van der Waals surface area contributed by atoms with E-state index in [9.17, 15) is 22.8 Å². The Kier molecular flexibility index (Phi) is 6.56. The Labute approximate surface area is 152 Å². The first-order valence-corrected chi connectivity index (χ1v) is 8.10. The van der Waals surface area contributed by atoms with Crippen LogP contribution in [0.25, 0.3) is 5.69 Å². The van der Waals surface area contributed by atoms with Gasteiger partial charge in [0, 0.05) is 25.3 Å². The molecule has 0 spiro atoms. The largest absolute Gasteiger partial charge is 0.478 e. The molecule has 0 unspecified atom stereocenters. The van der Waals surface area contributed by atoms with E-state index in [2.05, 4.69) is 10.4 Å². The van der Waals surface area contributed by atoms with Gasteiger partial charge in [-0.2, -0.15) is 18.3 Å². The third-order valence-electron chi connectivity index (χ3n) is 3.60. The first-order valence-electron chi connectivity index (χ1n) is 8.10. The van der Waals surface area contributed by atoms with Crippen LogP contribution < -0.4 is 5.32 Å². The third kappa shape index (κ3) is 5.07. The van der Waals surface area contributed by atoms with Gasteiger partial charge in [0.1, 0.15) is 5.56 Å². The number of carboxylic acids is 1. The van der Waals surface area contributed by atoms with Gasteiger partial charge >= 0.3 is 12.1 Å². The summed E-state index contributed by atoms with van der Waals surface area (Å²) < 4.78 is 45.3. The number of aromatic carboxylic acids is 1. The van der Waals surface area contributed by atoms with E-state index in [-0.39, 0.29) is 17.2 Å². The summed E-state index contributed by atoms with van der Waals surface area (Å²) in [5.41, 5.74) is -2.08. The maximum absolute atomic E-state index is 13.2. The Bertz CT molecular complexity index is 801. The van der Waals surface area contributed by atoms with Gasteiger partial charge in [-0.15, -0.1) is 0 Å². The summed E-state index contributed by atoms with van der Waals surface area (Å²) in [4.78, 5) is 23.0. The molecule has 0 bridgehead atoms. The zero-order valence-corrected chi connectivity index (χ0v) is 14.4. The molecule has 0 fully saturated rings. The van der Waals surface area contributed by atoms with E-state index < -0.39 is 23.4 Å². The van der Waals surface area contributed by atoms with E-state index >= 15 is 0 Å². The van der Waals surface area contributed by atoms with Crippen LogP contribution in [0, 0.1) is 0 Å². The average molecular weight is 385 g/mol. The molecule has 0 aliphatic heterocycles. The van der Waals surface area contributed by atoms with E-state index in [1.54, 1.807) is 0 Å². The summed E-state index contributed by atoms with van der Waals surface area (Å²) in [6.45, 7) is 3.37. The quantitative estimate of drug-likeness (QED) is 0.682. The zero-order valence-electron chi connectivity index (χ0n) is 14.4. The van der Waals surface area contributed by atoms with Crippen LogP contribution >= 0.6 is 0 Å². The molecule has 2 rings (SSSR count). The average Bonchev–Trinajstić information content (AvgIpc) is 3.07. The van der Waals surface area contributed by atoms with Crippen molar-refractivity contribution in [2.75, 3.05) is 19.8 Å². The molecule has 0 radical (unpaired) electrons. The second-order valence-corrected chi connectivity index (χ2v) is 5.47. The number of hydrogen-bond donors (Lipinski definition) is 2.